The first kappa shape index (κ1) is 16.4. The first-order valence-electron chi connectivity index (χ1n) is 7.78. The Morgan fingerprint density at radius 1 is 1.26 bits per heavy atom. The quantitative estimate of drug-likeness (QED) is 0.837. The molecule has 1 aliphatic rings. The summed E-state index contributed by atoms with van der Waals surface area (Å²) < 4.78 is 24.2. The van der Waals surface area contributed by atoms with E-state index in [0.717, 1.165) is 30.3 Å². The first-order valence-corrected chi connectivity index (χ1v) is 8.66. The number of halogens is 1. The second-order valence-electron chi connectivity index (χ2n) is 5.93. The van der Waals surface area contributed by atoms with Crippen LogP contribution in [-0.4, -0.2) is 35.2 Å². The third kappa shape index (κ3) is 4.73. The van der Waals surface area contributed by atoms with Crippen molar-refractivity contribution >= 4 is 11.3 Å². The van der Waals surface area contributed by atoms with Gasteiger partial charge in [0, 0.05) is 25.0 Å². The fraction of sp³-hybridized carbons (Fsp3) is 0.471. The molecule has 2 atom stereocenters. The normalized spacial score (nSPS) is 22.2. The van der Waals surface area contributed by atoms with E-state index in [0.29, 0.717) is 12.4 Å². The van der Waals surface area contributed by atoms with Crippen molar-refractivity contribution in [2.75, 3.05) is 13.1 Å². The van der Waals surface area contributed by atoms with Crippen molar-refractivity contribution in [2.24, 2.45) is 0 Å². The molecule has 124 valence electrons. The van der Waals surface area contributed by atoms with Gasteiger partial charge in [-0.25, -0.2) is 9.37 Å². The Hall–Kier alpha value is -1.50. The summed E-state index contributed by atoms with van der Waals surface area (Å²) in [7, 11) is 0. The largest absolute Gasteiger partial charge is 0.486 e. The van der Waals surface area contributed by atoms with Crippen molar-refractivity contribution in [3.8, 4) is 5.75 Å². The van der Waals surface area contributed by atoms with Crippen molar-refractivity contribution in [2.45, 2.75) is 39.2 Å². The number of thiazole rings is 1. The van der Waals surface area contributed by atoms with E-state index >= 15 is 0 Å². The highest BCUT2D eigenvalue weighted by molar-refractivity contribution is 7.09. The van der Waals surface area contributed by atoms with Gasteiger partial charge in [0.05, 0.1) is 17.9 Å². The minimum Gasteiger partial charge on any atom is -0.486 e. The molecule has 4 nitrogen and oxygen atoms in total. The van der Waals surface area contributed by atoms with Crippen LogP contribution in [0.3, 0.4) is 0 Å². The minimum absolute atomic E-state index is 0.261. The fourth-order valence-electron chi connectivity index (χ4n) is 2.81. The van der Waals surface area contributed by atoms with Gasteiger partial charge in [-0.2, -0.15) is 0 Å². The van der Waals surface area contributed by atoms with E-state index in [2.05, 4.69) is 29.1 Å². The van der Waals surface area contributed by atoms with E-state index in [4.69, 9.17) is 9.47 Å². The van der Waals surface area contributed by atoms with Gasteiger partial charge in [0.2, 0.25) is 0 Å². The molecule has 0 aliphatic carbocycles. The van der Waals surface area contributed by atoms with E-state index in [9.17, 15) is 4.39 Å². The Kier molecular flexibility index (Phi) is 5.25. The highest BCUT2D eigenvalue weighted by Crippen LogP contribution is 2.18. The smallest absolute Gasteiger partial charge is 0.140 e. The topological polar surface area (TPSA) is 34.6 Å². The maximum absolute atomic E-state index is 12.9. The van der Waals surface area contributed by atoms with Crippen molar-refractivity contribution in [1.29, 1.82) is 0 Å². The SMILES string of the molecule is CC1CN(Cc2csc(COc3ccc(F)cc3)n2)CC(C)O1. The Bertz CT molecular complexity index is 622. The zero-order valence-electron chi connectivity index (χ0n) is 13.4. The number of hydrogen-bond donors (Lipinski definition) is 0. The Balaban J connectivity index is 1.52. The summed E-state index contributed by atoms with van der Waals surface area (Å²) in [5.41, 5.74) is 1.06. The van der Waals surface area contributed by atoms with Crippen LogP contribution in [0.5, 0.6) is 5.75 Å². The van der Waals surface area contributed by atoms with Gasteiger partial charge in [-0.15, -0.1) is 11.3 Å². The fourth-order valence-corrected chi connectivity index (χ4v) is 3.50. The predicted octanol–water partition coefficient (Wildman–Crippen LogP) is 3.47. The molecule has 3 rings (SSSR count). The summed E-state index contributed by atoms with van der Waals surface area (Å²) in [5.74, 6) is 0.391. The lowest BCUT2D eigenvalue weighted by Crippen LogP contribution is -2.44. The zero-order chi connectivity index (χ0) is 16.2. The number of ether oxygens (including phenoxy) is 2. The van der Waals surface area contributed by atoms with Crippen LogP contribution in [0.2, 0.25) is 0 Å². The third-order valence-corrected chi connectivity index (χ3v) is 4.53. The van der Waals surface area contributed by atoms with Crippen LogP contribution in [0.15, 0.2) is 29.6 Å². The molecule has 0 bridgehead atoms. The molecule has 1 saturated heterocycles. The van der Waals surface area contributed by atoms with Gasteiger partial charge in [-0.1, -0.05) is 0 Å². The van der Waals surface area contributed by atoms with Gasteiger partial charge in [0.15, 0.2) is 0 Å². The first-order chi connectivity index (χ1) is 11.1. The van der Waals surface area contributed by atoms with E-state index in [-0.39, 0.29) is 18.0 Å². The van der Waals surface area contributed by atoms with Gasteiger partial charge >= 0.3 is 0 Å². The molecular weight excluding hydrogens is 315 g/mol. The van der Waals surface area contributed by atoms with Crippen molar-refractivity contribution < 1.29 is 13.9 Å². The van der Waals surface area contributed by atoms with Crippen molar-refractivity contribution in [1.82, 2.24) is 9.88 Å². The molecule has 0 radical (unpaired) electrons. The van der Waals surface area contributed by atoms with Crippen molar-refractivity contribution in [3.05, 3.63) is 46.2 Å². The molecule has 1 fully saturated rings. The monoisotopic (exact) mass is 336 g/mol. The zero-order valence-corrected chi connectivity index (χ0v) is 14.2. The molecule has 2 heterocycles. The molecule has 23 heavy (non-hydrogen) atoms. The minimum atomic E-state index is -0.261. The van der Waals surface area contributed by atoms with Crippen molar-refractivity contribution in [3.63, 3.8) is 0 Å². The van der Waals surface area contributed by atoms with Gasteiger partial charge in [-0.3, -0.25) is 4.90 Å². The number of rotatable bonds is 5. The van der Waals surface area contributed by atoms with E-state index < -0.39 is 0 Å². The Morgan fingerprint density at radius 2 is 1.96 bits per heavy atom. The number of nitrogens with zero attached hydrogens (tertiary/aromatic N) is 2. The molecule has 2 aromatic rings. The van der Waals surface area contributed by atoms with Crippen LogP contribution < -0.4 is 4.74 Å². The number of morpholine rings is 1. The molecule has 0 amide bonds. The summed E-state index contributed by atoms with van der Waals surface area (Å²) in [6, 6.07) is 6.04. The highest BCUT2D eigenvalue weighted by atomic mass is 32.1. The van der Waals surface area contributed by atoms with Crippen LogP contribution in [0.4, 0.5) is 4.39 Å². The second kappa shape index (κ2) is 7.38. The lowest BCUT2D eigenvalue weighted by atomic mass is 10.2. The Morgan fingerprint density at radius 3 is 2.65 bits per heavy atom. The Labute approximate surface area is 139 Å². The third-order valence-electron chi connectivity index (χ3n) is 3.66. The lowest BCUT2D eigenvalue weighted by Gasteiger charge is -2.34. The molecule has 1 aliphatic heterocycles. The predicted molar refractivity (Wildman–Crippen MR) is 88.1 cm³/mol. The van der Waals surface area contributed by atoms with Gasteiger partial charge < -0.3 is 9.47 Å². The molecule has 0 N–H and O–H groups in total. The van der Waals surface area contributed by atoms with Crippen LogP contribution in [0, 0.1) is 5.82 Å². The molecule has 0 saturated carbocycles. The molecular formula is C17H21FN2O2S. The van der Waals surface area contributed by atoms with Crippen LogP contribution in [0.1, 0.15) is 24.5 Å². The summed E-state index contributed by atoms with van der Waals surface area (Å²) in [6.07, 6.45) is 0.525. The molecule has 6 heteroatoms. The van der Waals surface area contributed by atoms with Gasteiger partial charge in [0.25, 0.3) is 0 Å². The van der Waals surface area contributed by atoms with E-state index in [1.54, 1.807) is 23.5 Å². The number of hydrogen-bond acceptors (Lipinski definition) is 5. The number of aromatic nitrogens is 1. The van der Waals surface area contributed by atoms with E-state index in [1.807, 2.05) is 0 Å². The lowest BCUT2D eigenvalue weighted by molar-refractivity contribution is -0.0707. The molecule has 0 spiro atoms. The summed E-state index contributed by atoms with van der Waals surface area (Å²) in [5, 5.41) is 3.01. The summed E-state index contributed by atoms with van der Waals surface area (Å²) >= 11 is 1.59. The number of benzene rings is 1. The van der Waals surface area contributed by atoms with Gasteiger partial charge in [0.1, 0.15) is 23.2 Å². The van der Waals surface area contributed by atoms with Crippen LogP contribution in [0.25, 0.3) is 0 Å². The molecule has 1 aromatic carbocycles. The average molecular weight is 336 g/mol. The maximum atomic E-state index is 12.9. The standard InChI is InChI=1S/C17H21FN2O2S/c1-12-7-20(8-13(2)22-12)9-15-11-23-17(19-15)10-21-16-5-3-14(18)4-6-16/h3-6,11-13H,7-10H2,1-2H3. The van der Waals surface area contributed by atoms with Gasteiger partial charge in [-0.05, 0) is 38.1 Å². The highest BCUT2D eigenvalue weighted by Gasteiger charge is 2.22. The van der Waals surface area contributed by atoms with Crippen LogP contribution in [-0.2, 0) is 17.9 Å². The summed E-state index contributed by atoms with van der Waals surface area (Å²) in [6.45, 7) is 7.32. The summed E-state index contributed by atoms with van der Waals surface area (Å²) in [4.78, 5) is 7.00. The average Bonchev–Trinajstić information content (AvgIpc) is 2.93. The maximum Gasteiger partial charge on any atom is 0.140 e. The molecule has 2 unspecified atom stereocenters. The second-order valence-corrected chi connectivity index (χ2v) is 6.87. The van der Waals surface area contributed by atoms with E-state index in [1.165, 1.54) is 12.1 Å². The molecule has 1 aromatic heterocycles. The van der Waals surface area contributed by atoms with Crippen LogP contribution >= 0.6 is 11.3 Å².